The highest BCUT2D eigenvalue weighted by molar-refractivity contribution is 5.75. The number of ether oxygens (including phenoxy) is 1. The van der Waals surface area contributed by atoms with Gasteiger partial charge in [-0.3, -0.25) is 4.79 Å². The minimum absolute atomic E-state index is 0.0913. The number of hydrogen-bond acceptors (Lipinski definition) is 3. The maximum atomic E-state index is 11.3. The average molecular weight is 217 g/mol. The highest BCUT2D eigenvalue weighted by atomic mass is 16.5. The van der Waals surface area contributed by atoms with Crippen LogP contribution in [0.2, 0.25) is 0 Å². The fraction of sp³-hybridized carbons (Fsp3) is 0.308. The first-order valence-corrected chi connectivity index (χ1v) is 5.12. The molecule has 0 heterocycles. The molecule has 3 heteroatoms. The molecule has 0 saturated heterocycles. The second-order valence-corrected chi connectivity index (χ2v) is 3.62. The summed E-state index contributed by atoms with van der Waals surface area (Å²) in [5, 5.41) is 2.95. The van der Waals surface area contributed by atoms with Gasteiger partial charge in [-0.05, 0) is 32.0 Å². The van der Waals surface area contributed by atoms with Gasteiger partial charge in [-0.15, -0.1) is 6.42 Å². The molecule has 1 N–H and O–H groups in total. The fourth-order valence-corrected chi connectivity index (χ4v) is 1.20. The Morgan fingerprint density at radius 3 is 2.94 bits per heavy atom. The summed E-state index contributed by atoms with van der Waals surface area (Å²) < 4.78 is 4.99. The van der Waals surface area contributed by atoms with Gasteiger partial charge in [-0.2, -0.15) is 0 Å². The van der Waals surface area contributed by atoms with Gasteiger partial charge in [-0.1, -0.05) is 12.0 Å². The van der Waals surface area contributed by atoms with Crippen molar-refractivity contribution in [2.24, 2.45) is 0 Å². The van der Waals surface area contributed by atoms with Crippen molar-refractivity contribution in [3.8, 4) is 12.3 Å². The first kappa shape index (κ1) is 12.1. The third-order valence-corrected chi connectivity index (χ3v) is 1.83. The van der Waals surface area contributed by atoms with Crippen molar-refractivity contribution in [2.45, 2.75) is 20.0 Å². The molecule has 0 spiro atoms. The van der Waals surface area contributed by atoms with E-state index in [1.807, 2.05) is 38.1 Å². The van der Waals surface area contributed by atoms with Gasteiger partial charge >= 0.3 is 5.97 Å². The largest absolute Gasteiger partial charge is 0.462 e. The molecule has 0 aliphatic heterocycles. The number of carbonyl (C=O) groups excluding carboxylic acids is 1. The van der Waals surface area contributed by atoms with Gasteiger partial charge < -0.3 is 10.1 Å². The summed E-state index contributed by atoms with van der Waals surface area (Å²) >= 11 is 0. The lowest BCUT2D eigenvalue weighted by atomic mass is 10.2. The Morgan fingerprint density at radius 2 is 2.31 bits per heavy atom. The average Bonchev–Trinajstić information content (AvgIpc) is 2.26. The molecule has 1 rings (SSSR count). The van der Waals surface area contributed by atoms with Crippen LogP contribution in [0.4, 0.5) is 5.69 Å². The predicted molar refractivity (Wildman–Crippen MR) is 64.1 cm³/mol. The number of terminal acetylenes is 1. The van der Waals surface area contributed by atoms with Gasteiger partial charge in [0.2, 0.25) is 0 Å². The normalized spacial score (nSPS) is 9.62. The van der Waals surface area contributed by atoms with Crippen LogP contribution >= 0.6 is 0 Å². The SMILES string of the molecule is C#Cc1cccc(NCC(=O)OC(C)C)c1. The van der Waals surface area contributed by atoms with Crippen molar-refractivity contribution in [2.75, 3.05) is 11.9 Å². The summed E-state index contributed by atoms with van der Waals surface area (Å²) in [6.45, 7) is 3.78. The van der Waals surface area contributed by atoms with Gasteiger partial charge in [0.1, 0.15) is 6.54 Å². The second kappa shape index (κ2) is 5.82. The topological polar surface area (TPSA) is 38.3 Å². The Kier molecular flexibility index (Phi) is 4.41. The Bertz CT molecular complexity index is 405. The van der Waals surface area contributed by atoms with Crippen molar-refractivity contribution < 1.29 is 9.53 Å². The number of hydrogen-bond donors (Lipinski definition) is 1. The van der Waals surface area contributed by atoms with E-state index in [9.17, 15) is 4.79 Å². The van der Waals surface area contributed by atoms with Gasteiger partial charge in [0.15, 0.2) is 0 Å². The quantitative estimate of drug-likeness (QED) is 0.619. The zero-order chi connectivity index (χ0) is 12.0. The first-order valence-electron chi connectivity index (χ1n) is 5.12. The van der Waals surface area contributed by atoms with E-state index in [-0.39, 0.29) is 18.6 Å². The molecule has 0 radical (unpaired) electrons. The first-order chi connectivity index (χ1) is 7.61. The van der Waals surface area contributed by atoms with E-state index in [1.165, 1.54) is 0 Å². The number of nitrogens with one attached hydrogen (secondary N) is 1. The summed E-state index contributed by atoms with van der Waals surface area (Å²) in [4.78, 5) is 11.3. The highest BCUT2D eigenvalue weighted by Gasteiger charge is 2.04. The molecule has 0 aromatic heterocycles. The molecular weight excluding hydrogens is 202 g/mol. The maximum Gasteiger partial charge on any atom is 0.325 e. The number of benzene rings is 1. The smallest absolute Gasteiger partial charge is 0.325 e. The van der Waals surface area contributed by atoms with Gasteiger partial charge in [0, 0.05) is 11.3 Å². The molecule has 0 amide bonds. The summed E-state index contributed by atoms with van der Waals surface area (Å²) in [6.07, 6.45) is 5.18. The van der Waals surface area contributed by atoms with Crippen LogP contribution < -0.4 is 5.32 Å². The van der Waals surface area contributed by atoms with Crippen LogP contribution in [0.3, 0.4) is 0 Å². The molecule has 1 aromatic rings. The van der Waals surface area contributed by atoms with Gasteiger partial charge in [-0.25, -0.2) is 0 Å². The molecule has 0 atom stereocenters. The lowest BCUT2D eigenvalue weighted by molar-refractivity contribution is -0.145. The van der Waals surface area contributed by atoms with E-state index >= 15 is 0 Å². The van der Waals surface area contributed by atoms with E-state index in [1.54, 1.807) is 0 Å². The van der Waals surface area contributed by atoms with Crippen LogP contribution in [-0.4, -0.2) is 18.6 Å². The minimum atomic E-state index is -0.277. The lowest BCUT2D eigenvalue weighted by Gasteiger charge is -2.09. The van der Waals surface area contributed by atoms with E-state index in [0.717, 1.165) is 11.3 Å². The Morgan fingerprint density at radius 1 is 1.56 bits per heavy atom. The summed E-state index contributed by atoms with van der Waals surface area (Å²) in [5.41, 5.74) is 1.60. The fourth-order valence-electron chi connectivity index (χ4n) is 1.20. The van der Waals surface area contributed by atoms with Crippen LogP contribution in [0.5, 0.6) is 0 Å². The maximum absolute atomic E-state index is 11.3. The zero-order valence-corrected chi connectivity index (χ0v) is 9.49. The number of esters is 1. The van der Waals surface area contributed by atoms with Crippen molar-refractivity contribution in [1.29, 1.82) is 0 Å². The molecule has 1 aromatic carbocycles. The molecule has 84 valence electrons. The molecule has 0 aliphatic rings. The predicted octanol–water partition coefficient (Wildman–Crippen LogP) is 2.03. The Hall–Kier alpha value is -1.95. The van der Waals surface area contributed by atoms with E-state index in [2.05, 4.69) is 11.2 Å². The van der Waals surface area contributed by atoms with Crippen LogP contribution in [0.1, 0.15) is 19.4 Å². The molecule has 3 nitrogen and oxygen atoms in total. The Balaban J connectivity index is 2.49. The second-order valence-electron chi connectivity index (χ2n) is 3.62. The molecule has 0 fully saturated rings. The summed E-state index contributed by atoms with van der Waals surface area (Å²) in [5.74, 6) is 2.25. The van der Waals surface area contributed by atoms with Crippen molar-refractivity contribution in [1.82, 2.24) is 0 Å². The van der Waals surface area contributed by atoms with E-state index in [0.29, 0.717) is 0 Å². The molecule has 0 bridgehead atoms. The Labute approximate surface area is 95.8 Å². The van der Waals surface area contributed by atoms with Crippen molar-refractivity contribution in [3.63, 3.8) is 0 Å². The minimum Gasteiger partial charge on any atom is -0.462 e. The monoisotopic (exact) mass is 217 g/mol. The molecule has 0 aliphatic carbocycles. The summed E-state index contributed by atoms with van der Waals surface area (Å²) in [7, 11) is 0. The molecular formula is C13H15NO2. The molecule has 0 saturated carbocycles. The summed E-state index contributed by atoms with van der Waals surface area (Å²) in [6, 6.07) is 7.33. The van der Waals surface area contributed by atoms with Crippen LogP contribution in [-0.2, 0) is 9.53 Å². The van der Waals surface area contributed by atoms with Gasteiger partial charge in [0.25, 0.3) is 0 Å². The molecule has 0 unspecified atom stereocenters. The lowest BCUT2D eigenvalue weighted by Crippen LogP contribution is -2.20. The van der Waals surface area contributed by atoms with Crippen LogP contribution in [0.15, 0.2) is 24.3 Å². The van der Waals surface area contributed by atoms with Crippen LogP contribution in [0.25, 0.3) is 0 Å². The zero-order valence-electron chi connectivity index (χ0n) is 9.49. The number of carbonyl (C=O) groups is 1. The standard InChI is InChI=1S/C13H15NO2/c1-4-11-6-5-7-12(8-11)14-9-13(15)16-10(2)3/h1,5-8,10,14H,9H2,2-3H3. The van der Waals surface area contributed by atoms with Crippen LogP contribution in [0, 0.1) is 12.3 Å². The third-order valence-electron chi connectivity index (χ3n) is 1.83. The number of anilines is 1. The van der Waals surface area contributed by atoms with E-state index < -0.39 is 0 Å². The molecule has 16 heavy (non-hydrogen) atoms. The van der Waals surface area contributed by atoms with Crippen molar-refractivity contribution >= 4 is 11.7 Å². The highest BCUT2D eigenvalue weighted by Crippen LogP contribution is 2.09. The van der Waals surface area contributed by atoms with E-state index in [4.69, 9.17) is 11.2 Å². The number of rotatable bonds is 4. The van der Waals surface area contributed by atoms with Crippen molar-refractivity contribution in [3.05, 3.63) is 29.8 Å². The van der Waals surface area contributed by atoms with Gasteiger partial charge in [0.05, 0.1) is 6.10 Å². The third kappa shape index (κ3) is 4.05.